The molecule has 0 fully saturated rings. The molecule has 0 spiro atoms. The van der Waals surface area contributed by atoms with Gasteiger partial charge in [0, 0.05) is 11.1 Å². The predicted molar refractivity (Wildman–Crippen MR) is 97.4 cm³/mol. The molecule has 3 rings (SSSR count). The Hall–Kier alpha value is -3.08. The van der Waals surface area contributed by atoms with Crippen molar-refractivity contribution in [2.24, 2.45) is 0 Å². The van der Waals surface area contributed by atoms with Gasteiger partial charge in [-0.15, -0.1) is 0 Å². The summed E-state index contributed by atoms with van der Waals surface area (Å²) in [6.45, 7) is 4.37. The average Bonchev–Trinajstić information content (AvgIpc) is 2.62. The Bertz CT molecular complexity index is 958. The van der Waals surface area contributed by atoms with Gasteiger partial charge in [-0.25, -0.2) is 4.79 Å². The van der Waals surface area contributed by atoms with Gasteiger partial charge < -0.3 is 14.5 Å². The molecule has 25 heavy (non-hydrogen) atoms. The zero-order valence-corrected chi connectivity index (χ0v) is 14.2. The Morgan fingerprint density at radius 2 is 1.88 bits per heavy atom. The lowest BCUT2D eigenvalue weighted by Gasteiger charge is -2.08. The van der Waals surface area contributed by atoms with Crippen LogP contribution < -0.4 is 15.7 Å². The third-order valence-corrected chi connectivity index (χ3v) is 3.89. The molecule has 5 nitrogen and oxygen atoms in total. The highest BCUT2D eigenvalue weighted by atomic mass is 16.5. The molecular weight excluding hydrogens is 318 g/mol. The van der Waals surface area contributed by atoms with E-state index >= 15 is 0 Å². The third-order valence-electron chi connectivity index (χ3n) is 3.89. The van der Waals surface area contributed by atoms with Gasteiger partial charge in [-0.2, -0.15) is 0 Å². The SMILES string of the molecule is CCOc1cccc2cc(C(=O)Nc3ccc(CC)cc3)c(=O)oc12. The molecule has 5 heteroatoms. The van der Waals surface area contributed by atoms with E-state index in [2.05, 4.69) is 12.2 Å². The first-order chi connectivity index (χ1) is 12.1. The molecule has 0 atom stereocenters. The normalized spacial score (nSPS) is 10.6. The van der Waals surface area contributed by atoms with Crippen molar-refractivity contribution in [3.8, 4) is 5.75 Å². The Morgan fingerprint density at radius 1 is 1.12 bits per heavy atom. The molecule has 0 saturated carbocycles. The maximum atomic E-state index is 12.4. The zero-order chi connectivity index (χ0) is 17.8. The number of carbonyl (C=O) groups excluding carboxylic acids is 1. The predicted octanol–water partition coefficient (Wildman–Crippen LogP) is 4.01. The fourth-order valence-electron chi connectivity index (χ4n) is 2.57. The van der Waals surface area contributed by atoms with Gasteiger partial charge in [-0.1, -0.05) is 31.2 Å². The summed E-state index contributed by atoms with van der Waals surface area (Å²) in [6.07, 6.45) is 0.921. The summed E-state index contributed by atoms with van der Waals surface area (Å²) in [7, 11) is 0. The van der Waals surface area contributed by atoms with Gasteiger partial charge in [-0.3, -0.25) is 4.79 Å². The Labute approximate surface area is 145 Å². The molecule has 0 aliphatic heterocycles. The summed E-state index contributed by atoms with van der Waals surface area (Å²) in [4.78, 5) is 24.7. The molecule has 0 bridgehead atoms. The van der Waals surface area contributed by atoms with Crippen LogP contribution in [0.1, 0.15) is 29.8 Å². The topological polar surface area (TPSA) is 68.5 Å². The van der Waals surface area contributed by atoms with E-state index in [-0.39, 0.29) is 5.56 Å². The van der Waals surface area contributed by atoms with Crippen LogP contribution in [0.25, 0.3) is 11.0 Å². The van der Waals surface area contributed by atoms with Crippen molar-refractivity contribution >= 4 is 22.6 Å². The summed E-state index contributed by atoms with van der Waals surface area (Å²) in [5.41, 5.74) is 1.41. The lowest BCUT2D eigenvalue weighted by molar-refractivity contribution is 0.102. The molecular formula is C20H19NO4. The van der Waals surface area contributed by atoms with Gasteiger partial charge in [0.15, 0.2) is 11.3 Å². The van der Waals surface area contributed by atoms with Gasteiger partial charge in [0.25, 0.3) is 5.91 Å². The van der Waals surface area contributed by atoms with Crippen molar-refractivity contribution in [1.82, 2.24) is 0 Å². The third kappa shape index (κ3) is 3.55. The minimum absolute atomic E-state index is 0.0410. The molecule has 0 aliphatic rings. The van der Waals surface area contributed by atoms with Crippen LogP contribution in [-0.4, -0.2) is 12.5 Å². The van der Waals surface area contributed by atoms with Gasteiger partial charge in [-0.05, 0) is 43.2 Å². The standard InChI is InChI=1S/C20H19NO4/c1-3-13-8-10-15(11-9-13)21-19(22)16-12-14-6-5-7-17(24-4-2)18(14)25-20(16)23/h5-12H,3-4H2,1-2H3,(H,21,22). The molecule has 0 unspecified atom stereocenters. The highest BCUT2D eigenvalue weighted by Crippen LogP contribution is 2.25. The lowest BCUT2D eigenvalue weighted by atomic mass is 10.1. The smallest absolute Gasteiger partial charge is 0.349 e. The van der Waals surface area contributed by atoms with Crippen LogP contribution in [0.4, 0.5) is 5.69 Å². The summed E-state index contributed by atoms with van der Waals surface area (Å²) >= 11 is 0. The first kappa shape index (κ1) is 16.8. The van der Waals surface area contributed by atoms with E-state index in [0.29, 0.717) is 29.0 Å². The second-order valence-electron chi connectivity index (χ2n) is 5.56. The van der Waals surface area contributed by atoms with Crippen molar-refractivity contribution < 1.29 is 13.9 Å². The fourth-order valence-corrected chi connectivity index (χ4v) is 2.57. The molecule has 0 saturated heterocycles. The Balaban J connectivity index is 1.93. The second kappa shape index (κ2) is 7.21. The molecule has 3 aromatic rings. The number of para-hydroxylation sites is 1. The number of aryl methyl sites for hydroxylation is 1. The van der Waals surface area contributed by atoms with Crippen LogP contribution in [0.3, 0.4) is 0 Å². The summed E-state index contributed by atoms with van der Waals surface area (Å²) in [6, 6.07) is 14.3. The molecule has 1 heterocycles. The number of carbonyl (C=O) groups is 1. The number of fused-ring (bicyclic) bond motifs is 1. The van der Waals surface area contributed by atoms with Crippen molar-refractivity contribution in [3.05, 3.63) is 70.1 Å². The van der Waals surface area contributed by atoms with Crippen molar-refractivity contribution in [1.29, 1.82) is 0 Å². The number of hydrogen-bond acceptors (Lipinski definition) is 4. The number of ether oxygens (including phenoxy) is 1. The molecule has 1 aromatic heterocycles. The number of nitrogens with one attached hydrogen (secondary N) is 1. The van der Waals surface area contributed by atoms with E-state index in [1.165, 1.54) is 11.6 Å². The lowest BCUT2D eigenvalue weighted by Crippen LogP contribution is -2.20. The summed E-state index contributed by atoms with van der Waals surface area (Å²) in [5, 5.41) is 3.36. The minimum atomic E-state index is -0.692. The molecule has 0 radical (unpaired) electrons. The van der Waals surface area contributed by atoms with Crippen LogP contribution in [0.2, 0.25) is 0 Å². The molecule has 0 aliphatic carbocycles. The highest BCUT2D eigenvalue weighted by Gasteiger charge is 2.15. The van der Waals surface area contributed by atoms with Crippen LogP contribution >= 0.6 is 0 Å². The maximum absolute atomic E-state index is 12.4. The molecule has 128 valence electrons. The van der Waals surface area contributed by atoms with E-state index in [1.807, 2.05) is 31.2 Å². The first-order valence-electron chi connectivity index (χ1n) is 8.22. The fraction of sp³-hybridized carbons (Fsp3) is 0.200. The maximum Gasteiger partial charge on any atom is 0.349 e. The Morgan fingerprint density at radius 3 is 2.56 bits per heavy atom. The van der Waals surface area contributed by atoms with Crippen LogP contribution in [0.15, 0.2) is 57.7 Å². The van der Waals surface area contributed by atoms with E-state index in [1.54, 1.807) is 18.2 Å². The van der Waals surface area contributed by atoms with E-state index in [9.17, 15) is 9.59 Å². The quantitative estimate of drug-likeness (QED) is 0.714. The van der Waals surface area contributed by atoms with Gasteiger partial charge in [0.1, 0.15) is 5.56 Å². The van der Waals surface area contributed by atoms with Crippen molar-refractivity contribution in [2.75, 3.05) is 11.9 Å². The van der Waals surface area contributed by atoms with E-state index in [4.69, 9.17) is 9.15 Å². The highest BCUT2D eigenvalue weighted by molar-refractivity contribution is 6.05. The summed E-state index contributed by atoms with van der Waals surface area (Å²) in [5.74, 6) is -0.0130. The second-order valence-corrected chi connectivity index (χ2v) is 5.56. The Kier molecular flexibility index (Phi) is 4.84. The van der Waals surface area contributed by atoms with Crippen molar-refractivity contribution in [3.63, 3.8) is 0 Å². The number of rotatable bonds is 5. The van der Waals surface area contributed by atoms with Crippen molar-refractivity contribution in [2.45, 2.75) is 20.3 Å². The van der Waals surface area contributed by atoms with Crippen LogP contribution in [0, 0.1) is 0 Å². The average molecular weight is 337 g/mol. The molecule has 2 aromatic carbocycles. The van der Waals surface area contributed by atoms with Crippen LogP contribution in [-0.2, 0) is 6.42 Å². The minimum Gasteiger partial charge on any atom is -0.490 e. The molecule has 1 amide bonds. The van der Waals surface area contributed by atoms with E-state index in [0.717, 1.165) is 6.42 Å². The van der Waals surface area contributed by atoms with Crippen LogP contribution in [0.5, 0.6) is 5.75 Å². The van der Waals surface area contributed by atoms with E-state index < -0.39 is 11.5 Å². The monoisotopic (exact) mass is 337 g/mol. The number of amides is 1. The largest absolute Gasteiger partial charge is 0.490 e. The number of benzene rings is 2. The van der Waals surface area contributed by atoms with Gasteiger partial charge in [0.05, 0.1) is 6.61 Å². The number of hydrogen-bond donors (Lipinski definition) is 1. The molecule has 1 N–H and O–H groups in total. The van der Waals surface area contributed by atoms with Gasteiger partial charge >= 0.3 is 5.63 Å². The zero-order valence-electron chi connectivity index (χ0n) is 14.2. The first-order valence-corrected chi connectivity index (χ1v) is 8.22. The van der Waals surface area contributed by atoms with Gasteiger partial charge in [0.2, 0.25) is 0 Å². The number of anilines is 1. The summed E-state index contributed by atoms with van der Waals surface area (Å²) < 4.78 is 10.8.